The van der Waals surface area contributed by atoms with Gasteiger partial charge in [0, 0.05) is 9.77 Å². The minimum atomic E-state index is -0.258. The van der Waals surface area contributed by atoms with E-state index in [1.807, 2.05) is 37.4 Å². The van der Waals surface area contributed by atoms with E-state index in [9.17, 15) is 4.79 Å². The van der Waals surface area contributed by atoms with Gasteiger partial charge in [-0.1, -0.05) is 18.6 Å². The zero-order chi connectivity index (χ0) is 19.2. The van der Waals surface area contributed by atoms with Crippen LogP contribution in [0, 0.1) is 0 Å². The Morgan fingerprint density at radius 1 is 1.22 bits per heavy atom. The molecule has 0 unspecified atom stereocenters. The lowest BCUT2D eigenvalue weighted by molar-refractivity contribution is 0.0527. The third kappa shape index (κ3) is 4.83. The number of esters is 1. The molecule has 1 heterocycles. The maximum Gasteiger partial charge on any atom is 0.341 e. The summed E-state index contributed by atoms with van der Waals surface area (Å²) in [6, 6.07) is 8.02. The van der Waals surface area contributed by atoms with Crippen LogP contribution in [0.2, 0.25) is 0 Å². The number of thiophene rings is 1. The molecule has 0 fully saturated rings. The number of ether oxygens (including phenoxy) is 1. The van der Waals surface area contributed by atoms with Crippen LogP contribution in [-0.2, 0) is 17.6 Å². The molecular weight excluding hydrogens is 396 g/mol. The molecule has 27 heavy (non-hydrogen) atoms. The number of benzene rings is 1. The van der Waals surface area contributed by atoms with E-state index in [1.165, 1.54) is 17.7 Å². The summed E-state index contributed by atoms with van der Waals surface area (Å²) < 4.78 is 5.33. The summed E-state index contributed by atoms with van der Waals surface area (Å²) in [6.07, 6.45) is 7.46. The fourth-order valence-electron chi connectivity index (χ4n) is 3.25. The smallest absolute Gasteiger partial charge is 0.341 e. The first kappa shape index (κ1) is 20.2. The van der Waals surface area contributed by atoms with Crippen molar-refractivity contribution in [1.82, 2.24) is 0 Å². The van der Waals surface area contributed by atoms with Crippen LogP contribution >= 0.6 is 35.3 Å². The van der Waals surface area contributed by atoms with Gasteiger partial charge >= 0.3 is 5.97 Å². The van der Waals surface area contributed by atoms with Crippen LogP contribution in [-0.4, -0.2) is 23.9 Å². The molecule has 7 heteroatoms. The highest BCUT2D eigenvalue weighted by Crippen LogP contribution is 2.38. The van der Waals surface area contributed by atoms with Gasteiger partial charge in [-0.2, -0.15) is 0 Å². The molecule has 0 aliphatic heterocycles. The van der Waals surface area contributed by atoms with Crippen molar-refractivity contribution in [2.75, 3.05) is 23.5 Å². The van der Waals surface area contributed by atoms with Crippen LogP contribution in [0.1, 0.15) is 47.0 Å². The van der Waals surface area contributed by atoms with Crippen molar-refractivity contribution in [2.45, 2.75) is 43.9 Å². The number of aryl methyl sites for hydroxylation is 1. The second-order valence-electron chi connectivity index (χ2n) is 6.27. The van der Waals surface area contributed by atoms with Gasteiger partial charge in [0.2, 0.25) is 0 Å². The van der Waals surface area contributed by atoms with E-state index in [1.54, 1.807) is 23.1 Å². The van der Waals surface area contributed by atoms with E-state index < -0.39 is 0 Å². The van der Waals surface area contributed by atoms with Crippen molar-refractivity contribution in [2.24, 2.45) is 0 Å². The number of rotatable bonds is 5. The van der Waals surface area contributed by atoms with Crippen LogP contribution in [0.15, 0.2) is 29.2 Å². The number of carbonyl (C=O) groups is 1. The number of fused-ring (bicyclic) bond motifs is 1. The maximum atomic E-state index is 12.6. The Morgan fingerprint density at radius 3 is 2.78 bits per heavy atom. The molecule has 144 valence electrons. The van der Waals surface area contributed by atoms with Crippen LogP contribution in [0.5, 0.6) is 0 Å². The van der Waals surface area contributed by atoms with Crippen molar-refractivity contribution in [3.05, 3.63) is 40.3 Å². The number of hydrogen-bond acceptors (Lipinski definition) is 5. The van der Waals surface area contributed by atoms with Crippen LogP contribution in [0.25, 0.3) is 0 Å². The summed E-state index contributed by atoms with van der Waals surface area (Å²) in [5, 5.41) is 7.79. The summed E-state index contributed by atoms with van der Waals surface area (Å²) in [7, 11) is 0. The molecular formula is C20H24N2O2S3. The number of thioether (sulfide) groups is 1. The Balaban J connectivity index is 1.85. The SMILES string of the molecule is CCOC(=O)c1c(NC(=S)Nc2ccccc2SC)sc2c1CCCCC2. The molecule has 1 aliphatic carbocycles. The first-order valence-corrected chi connectivity index (χ1v) is 11.6. The Bertz CT molecular complexity index is 833. The molecule has 1 aromatic carbocycles. The highest BCUT2D eigenvalue weighted by Gasteiger charge is 2.26. The molecule has 0 radical (unpaired) electrons. The Kier molecular flexibility index (Phi) is 7.15. The number of nitrogens with one attached hydrogen (secondary N) is 2. The van der Waals surface area contributed by atoms with E-state index >= 15 is 0 Å². The van der Waals surface area contributed by atoms with Gasteiger partial charge in [0.25, 0.3) is 0 Å². The van der Waals surface area contributed by atoms with Crippen molar-refractivity contribution < 1.29 is 9.53 Å². The summed E-state index contributed by atoms with van der Waals surface area (Å²) in [5.74, 6) is -0.258. The standard InChI is InChI=1S/C20H24N2O2S3/c1-3-24-19(23)17-13-9-5-4-6-11-15(13)27-18(17)22-20(25)21-14-10-7-8-12-16(14)26-2/h7-8,10,12H,3-6,9,11H2,1-2H3,(H2,21,22,25). The molecule has 0 saturated heterocycles. The van der Waals surface area contributed by atoms with Crippen molar-refractivity contribution in [3.63, 3.8) is 0 Å². The fourth-order valence-corrected chi connectivity index (χ4v) is 5.37. The van der Waals surface area contributed by atoms with Gasteiger partial charge in [0.05, 0.1) is 17.9 Å². The van der Waals surface area contributed by atoms with Crippen molar-refractivity contribution in [3.8, 4) is 0 Å². The molecule has 1 aliphatic rings. The zero-order valence-corrected chi connectivity index (χ0v) is 18.0. The molecule has 3 rings (SSSR count). The molecule has 2 aromatic rings. The predicted octanol–water partition coefficient (Wildman–Crippen LogP) is 5.72. The Hall–Kier alpha value is -1.57. The summed E-state index contributed by atoms with van der Waals surface area (Å²) in [5.41, 5.74) is 2.77. The highest BCUT2D eigenvalue weighted by molar-refractivity contribution is 7.98. The lowest BCUT2D eigenvalue weighted by Crippen LogP contribution is -2.20. The van der Waals surface area contributed by atoms with Crippen molar-refractivity contribution >= 4 is 57.1 Å². The molecule has 0 amide bonds. The van der Waals surface area contributed by atoms with Crippen LogP contribution < -0.4 is 10.6 Å². The summed E-state index contributed by atoms with van der Waals surface area (Å²) in [4.78, 5) is 15.0. The number of anilines is 2. The second kappa shape index (κ2) is 9.57. The summed E-state index contributed by atoms with van der Waals surface area (Å²) >= 11 is 8.82. The van der Waals surface area contributed by atoms with Crippen LogP contribution in [0.4, 0.5) is 10.7 Å². The molecule has 1 aromatic heterocycles. The fraction of sp³-hybridized carbons (Fsp3) is 0.400. The summed E-state index contributed by atoms with van der Waals surface area (Å²) in [6.45, 7) is 2.20. The number of carbonyl (C=O) groups excluding carboxylic acids is 1. The van der Waals surface area contributed by atoms with E-state index in [-0.39, 0.29) is 5.97 Å². The van der Waals surface area contributed by atoms with E-state index in [0.29, 0.717) is 17.3 Å². The zero-order valence-electron chi connectivity index (χ0n) is 15.6. The third-order valence-corrected chi connectivity index (χ3v) is 6.69. The van der Waals surface area contributed by atoms with Gasteiger partial charge in [0.1, 0.15) is 5.00 Å². The maximum absolute atomic E-state index is 12.6. The third-order valence-electron chi connectivity index (χ3n) is 4.48. The Labute approximate surface area is 174 Å². The van der Waals surface area contributed by atoms with Crippen LogP contribution in [0.3, 0.4) is 0 Å². The van der Waals surface area contributed by atoms with Gasteiger partial charge in [-0.25, -0.2) is 4.79 Å². The van der Waals surface area contributed by atoms with E-state index in [4.69, 9.17) is 17.0 Å². The monoisotopic (exact) mass is 420 g/mol. The topological polar surface area (TPSA) is 50.4 Å². The first-order valence-electron chi connectivity index (χ1n) is 9.16. The molecule has 0 saturated carbocycles. The molecule has 4 nitrogen and oxygen atoms in total. The minimum absolute atomic E-state index is 0.258. The van der Waals surface area contributed by atoms with Gasteiger partial charge < -0.3 is 15.4 Å². The van der Waals surface area contributed by atoms with Crippen molar-refractivity contribution in [1.29, 1.82) is 0 Å². The number of para-hydroxylation sites is 1. The van der Waals surface area contributed by atoms with Gasteiger partial charge in [-0.3, -0.25) is 0 Å². The average Bonchev–Trinajstić information content (AvgIpc) is 2.83. The lowest BCUT2D eigenvalue weighted by atomic mass is 10.1. The second-order valence-corrected chi connectivity index (χ2v) is 8.63. The first-order chi connectivity index (χ1) is 13.1. The highest BCUT2D eigenvalue weighted by atomic mass is 32.2. The quantitative estimate of drug-likeness (QED) is 0.279. The molecule has 2 N–H and O–H groups in total. The number of thiocarbonyl (C=S) groups is 1. The minimum Gasteiger partial charge on any atom is -0.462 e. The largest absolute Gasteiger partial charge is 0.462 e. The number of hydrogen-bond donors (Lipinski definition) is 2. The molecule has 0 bridgehead atoms. The van der Waals surface area contributed by atoms with Gasteiger partial charge in [-0.15, -0.1) is 23.1 Å². The van der Waals surface area contributed by atoms with E-state index in [0.717, 1.165) is 40.4 Å². The van der Waals surface area contributed by atoms with Gasteiger partial charge in [-0.05, 0) is 68.8 Å². The lowest BCUT2D eigenvalue weighted by Gasteiger charge is -2.13. The molecule has 0 spiro atoms. The van der Waals surface area contributed by atoms with Gasteiger partial charge in [0.15, 0.2) is 5.11 Å². The predicted molar refractivity (Wildman–Crippen MR) is 120 cm³/mol. The Morgan fingerprint density at radius 2 is 2.00 bits per heavy atom. The molecule has 0 atom stereocenters. The van der Waals surface area contributed by atoms with E-state index in [2.05, 4.69) is 10.6 Å². The average molecular weight is 421 g/mol. The normalized spacial score (nSPS) is 13.4.